The van der Waals surface area contributed by atoms with Gasteiger partial charge in [0.25, 0.3) is 0 Å². The van der Waals surface area contributed by atoms with Crippen LogP contribution in [0.25, 0.3) is 115 Å². The highest BCUT2D eigenvalue weighted by molar-refractivity contribution is 6.35. The van der Waals surface area contributed by atoms with E-state index >= 15 is 0 Å². The summed E-state index contributed by atoms with van der Waals surface area (Å²) in [6, 6.07) is 69.3. The molecule has 0 radical (unpaired) electrons. The summed E-state index contributed by atoms with van der Waals surface area (Å²) >= 11 is 0. The van der Waals surface area contributed by atoms with Gasteiger partial charge < -0.3 is 4.90 Å². The molecule has 0 N–H and O–H groups in total. The molecule has 0 saturated heterocycles. The van der Waals surface area contributed by atoms with Crippen molar-refractivity contribution in [3.63, 3.8) is 0 Å². The Kier molecular flexibility index (Phi) is 7.89. The number of fused-ring (bicyclic) bond motifs is 12. The van der Waals surface area contributed by atoms with Crippen LogP contribution in [-0.4, -0.2) is 0 Å². The minimum Gasteiger partial charge on any atom is -0.314 e. The van der Waals surface area contributed by atoms with Crippen LogP contribution in [0.1, 0.15) is 39.8 Å². The van der Waals surface area contributed by atoms with Crippen molar-refractivity contribution >= 4 is 71.2 Å². The Morgan fingerprint density at radius 3 is 1.55 bits per heavy atom. The third-order valence-corrected chi connectivity index (χ3v) is 17.9. The number of allylic oxidation sites excluding steroid dienone is 7. The van der Waals surface area contributed by atoms with Gasteiger partial charge in [-0.1, -0.05) is 170 Å². The molecule has 2 unspecified atom stereocenters. The first kappa shape index (κ1) is 39.9. The van der Waals surface area contributed by atoms with Gasteiger partial charge in [-0.05, 0) is 223 Å². The number of rotatable bonds is 5. The Balaban J connectivity index is 0.972. The summed E-state index contributed by atoms with van der Waals surface area (Å²) in [7, 11) is 0. The average Bonchev–Trinajstić information content (AvgIpc) is 4.10. The van der Waals surface area contributed by atoms with Crippen LogP contribution in [0.15, 0.2) is 218 Å². The Hall–Kier alpha value is -8.78. The van der Waals surface area contributed by atoms with Gasteiger partial charge in [0.05, 0.1) is 0 Å². The molecule has 11 aromatic rings. The van der Waals surface area contributed by atoms with E-state index in [2.05, 4.69) is 231 Å². The molecule has 73 heavy (non-hydrogen) atoms. The fourth-order valence-corrected chi connectivity index (χ4v) is 14.9. The Labute approximate surface area is 424 Å². The predicted molar refractivity (Wildman–Crippen MR) is 308 cm³/mol. The second kappa shape index (κ2) is 14.4. The molecule has 1 nitrogen and oxygen atoms in total. The molecule has 0 amide bonds. The average molecular weight is 926 g/mol. The smallest absolute Gasteiger partial charge is 0.0458 e. The SMILES string of the molecule is Cc1ccccc1-c1c2c(c(-c3ccccc3C)c3cc4c(cc13)C1=CC=C(N(c3ccccc3)c3ccccc3)C3C=CC=C4C13)-c1ccc3c4ccc5c6c4c(c4ccc-2c1c43)CCC=6c1ccccc1-5. The highest BCUT2D eigenvalue weighted by Gasteiger charge is 2.43. The van der Waals surface area contributed by atoms with E-state index in [1.54, 1.807) is 0 Å². The fourth-order valence-electron chi connectivity index (χ4n) is 14.9. The summed E-state index contributed by atoms with van der Waals surface area (Å²) in [5.41, 5.74) is 29.8. The monoisotopic (exact) mass is 925 g/mol. The minimum absolute atomic E-state index is 0.159. The van der Waals surface area contributed by atoms with E-state index in [0.717, 1.165) is 12.8 Å². The second-order valence-electron chi connectivity index (χ2n) is 21.3. The molecule has 1 heteroatoms. The zero-order valence-corrected chi connectivity index (χ0v) is 40.7. The number of aryl methyl sites for hydroxylation is 3. The van der Waals surface area contributed by atoms with Gasteiger partial charge >= 0.3 is 0 Å². The molecule has 2 atom stereocenters. The highest BCUT2D eigenvalue weighted by Crippen LogP contribution is 2.63. The lowest BCUT2D eigenvalue weighted by Crippen LogP contribution is -2.29. The molecule has 17 rings (SSSR count). The standard InChI is InChI=1S/C72H47N/c1-40-16-9-11-22-44(40)65-61-38-59-48-26-15-27-56-63(73(42-18-5-3-6-19-42)43-20-7-4-8-21-43)37-36-55(64(48)56)60(59)39-62(61)66(45-23-12-10-17-41(45)2)72-58-35-33-54-52-31-29-50-47-25-14-13-24-46(47)49-28-30-51(68(52)67(49)50)53-32-34-57(71(65)72)70(58)69(53)54/h3-28,30,32-39,56,64H,29,31H2,1-2H3. The van der Waals surface area contributed by atoms with E-state index in [9.17, 15) is 0 Å². The molecule has 0 fully saturated rings. The maximum absolute atomic E-state index is 2.62. The molecule has 0 bridgehead atoms. The number of benzene rings is 11. The summed E-state index contributed by atoms with van der Waals surface area (Å²) in [6.45, 7) is 4.62. The molecule has 0 aliphatic heterocycles. The van der Waals surface area contributed by atoms with E-state index in [0.29, 0.717) is 0 Å². The lowest BCUT2D eigenvalue weighted by atomic mass is 9.75. The van der Waals surface area contributed by atoms with Crippen LogP contribution >= 0.6 is 0 Å². The lowest BCUT2D eigenvalue weighted by molar-refractivity contribution is 0.651. The van der Waals surface area contributed by atoms with Crippen LogP contribution in [0.2, 0.25) is 0 Å². The van der Waals surface area contributed by atoms with Crippen LogP contribution < -0.4 is 10.1 Å². The summed E-state index contributed by atoms with van der Waals surface area (Å²) in [6.07, 6.45) is 14.2. The first-order valence-electron chi connectivity index (χ1n) is 26.2. The van der Waals surface area contributed by atoms with Crippen molar-refractivity contribution in [2.45, 2.75) is 26.7 Å². The van der Waals surface area contributed by atoms with Crippen LogP contribution in [0, 0.1) is 25.7 Å². The van der Waals surface area contributed by atoms with Gasteiger partial charge in [0.1, 0.15) is 0 Å². The number of hydrogen-bond donors (Lipinski definition) is 0. The van der Waals surface area contributed by atoms with Crippen molar-refractivity contribution in [3.8, 4) is 55.6 Å². The van der Waals surface area contributed by atoms with Crippen molar-refractivity contribution in [2.75, 3.05) is 4.90 Å². The minimum atomic E-state index is 0.159. The van der Waals surface area contributed by atoms with Crippen molar-refractivity contribution in [3.05, 3.63) is 257 Å². The van der Waals surface area contributed by atoms with Crippen molar-refractivity contribution in [1.82, 2.24) is 0 Å². The van der Waals surface area contributed by atoms with Crippen molar-refractivity contribution in [1.29, 1.82) is 0 Å². The van der Waals surface area contributed by atoms with Gasteiger partial charge in [0, 0.05) is 28.9 Å². The largest absolute Gasteiger partial charge is 0.314 e. The van der Waals surface area contributed by atoms with Gasteiger partial charge in [-0.3, -0.25) is 0 Å². The third kappa shape index (κ3) is 5.12. The molecule has 0 aromatic heterocycles. The van der Waals surface area contributed by atoms with Crippen LogP contribution in [0.4, 0.5) is 11.4 Å². The third-order valence-electron chi connectivity index (χ3n) is 17.9. The fraction of sp³-hybridized carbons (Fsp3) is 0.0833. The zero-order valence-electron chi connectivity index (χ0n) is 40.7. The first-order chi connectivity index (χ1) is 36.1. The van der Waals surface area contributed by atoms with E-state index < -0.39 is 0 Å². The maximum atomic E-state index is 2.62. The Morgan fingerprint density at radius 1 is 0.384 bits per heavy atom. The topological polar surface area (TPSA) is 3.24 Å². The highest BCUT2D eigenvalue weighted by atomic mass is 15.2. The maximum Gasteiger partial charge on any atom is 0.0458 e. The molecule has 11 aromatic carbocycles. The molecule has 6 aliphatic carbocycles. The quantitative estimate of drug-likeness (QED) is 0.123. The van der Waals surface area contributed by atoms with Crippen LogP contribution in [-0.2, 0) is 6.42 Å². The predicted octanol–water partition coefficient (Wildman–Crippen LogP) is 18.1. The molecule has 0 saturated carbocycles. The van der Waals surface area contributed by atoms with Gasteiger partial charge in [-0.15, -0.1) is 0 Å². The van der Waals surface area contributed by atoms with Crippen molar-refractivity contribution in [2.24, 2.45) is 11.8 Å². The van der Waals surface area contributed by atoms with Crippen molar-refractivity contribution < 1.29 is 0 Å². The second-order valence-corrected chi connectivity index (χ2v) is 21.3. The summed E-state index contributed by atoms with van der Waals surface area (Å²) in [4.78, 5) is 2.47. The molecular formula is C72H47N. The first-order valence-corrected chi connectivity index (χ1v) is 26.2. The normalized spacial score (nSPS) is 17.0. The summed E-state index contributed by atoms with van der Waals surface area (Å²) < 4.78 is 0. The molecule has 0 spiro atoms. The molecule has 340 valence electrons. The summed E-state index contributed by atoms with van der Waals surface area (Å²) in [5.74, 6) is 0.357. The van der Waals surface area contributed by atoms with Gasteiger partial charge in [-0.25, -0.2) is 0 Å². The van der Waals surface area contributed by atoms with Crippen LogP contribution in [0.3, 0.4) is 0 Å². The van der Waals surface area contributed by atoms with Gasteiger partial charge in [0.15, 0.2) is 0 Å². The van der Waals surface area contributed by atoms with Gasteiger partial charge in [-0.2, -0.15) is 0 Å². The Bertz CT molecular complexity index is 4520. The van der Waals surface area contributed by atoms with E-state index in [4.69, 9.17) is 0 Å². The summed E-state index contributed by atoms with van der Waals surface area (Å²) in [5, 5.41) is 12.6. The molecule has 6 aliphatic rings. The zero-order chi connectivity index (χ0) is 47.8. The number of hydrogen-bond acceptors (Lipinski definition) is 1. The van der Waals surface area contributed by atoms with E-state index in [1.165, 1.54) is 171 Å². The van der Waals surface area contributed by atoms with Crippen LogP contribution in [0.5, 0.6) is 0 Å². The van der Waals surface area contributed by atoms with E-state index in [-0.39, 0.29) is 11.8 Å². The van der Waals surface area contributed by atoms with E-state index in [1.807, 2.05) is 0 Å². The lowest BCUT2D eigenvalue weighted by Gasteiger charge is -2.38. The Morgan fingerprint density at radius 2 is 0.918 bits per heavy atom. The van der Waals surface area contributed by atoms with Gasteiger partial charge in [0.2, 0.25) is 0 Å². The molecule has 0 heterocycles. The number of para-hydroxylation sites is 2. The number of nitrogens with zero attached hydrogens (tertiary/aromatic N) is 1. The number of anilines is 2. The molecular weight excluding hydrogens is 879 g/mol.